The van der Waals surface area contributed by atoms with Crippen molar-refractivity contribution in [2.24, 2.45) is 5.73 Å². The molecule has 5 heteroatoms. The predicted octanol–water partition coefficient (Wildman–Crippen LogP) is 1.73. The predicted molar refractivity (Wildman–Crippen MR) is 61.6 cm³/mol. The Morgan fingerprint density at radius 2 is 2.00 bits per heavy atom. The second-order valence-electron chi connectivity index (χ2n) is 5.01. The quantitative estimate of drug-likeness (QED) is 0.871. The van der Waals surface area contributed by atoms with E-state index in [1.807, 2.05) is 0 Å². The van der Waals surface area contributed by atoms with Crippen molar-refractivity contribution in [3.63, 3.8) is 0 Å². The summed E-state index contributed by atoms with van der Waals surface area (Å²) in [6.45, 7) is 0. The van der Waals surface area contributed by atoms with E-state index in [1.165, 1.54) is 12.1 Å². The topological polar surface area (TPSA) is 46.3 Å². The largest absolute Gasteiger partial charge is 0.331 e. The van der Waals surface area contributed by atoms with Crippen LogP contribution >= 0.6 is 0 Å². The minimum Gasteiger partial charge on any atom is -0.331 e. The molecule has 1 aliphatic carbocycles. The fourth-order valence-corrected chi connectivity index (χ4v) is 2.69. The molecule has 1 saturated heterocycles. The van der Waals surface area contributed by atoms with Gasteiger partial charge in [-0.2, -0.15) is 0 Å². The molecule has 1 aromatic rings. The van der Waals surface area contributed by atoms with Crippen LogP contribution in [0.4, 0.5) is 8.78 Å². The lowest BCUT2D eigenvalue weighted by atomic mass is 10.00. The van der Waals surface area contributed by atoms with E-state index in [4.69, 9.17) is 5.73 Å². The van der Waals surface area contributed by atoms with Crippen LogP contribution in [-0.2, 0) is 4.79 Å². The number of likely N-dealkylation sites (tertiary alicyclic amines) is 1. The summed E-state index contributed by atoms with van der Waals surface area (Å²) in [7, 11) is 0. The van der Waals surface area contributed by atoms with Gasteiger partial charge in [-0.15, -0.1) is 0 Å². The summed E-state index contributed by atoms with van der Waals surface area (Å²) < 4.78 is 26.8. The molecule has 2 fully saturated rings. The Labute approximate surface area is 104 Å². The molecule has 18 heavy (non-hydrogen) atoms. The number of carbonyl (C=O) groups excluding carboxylic acids is 1. The smallest absolute Gasteiger partial charge is 0.225 e. The number of hydrogen-bond acceptors (Lipinski definition) is 2. The highest BCUT2D eigenvalue weighted by atomic mass is 19.1. The number of amides is 1. The van der Waals surface area contributed by atoms with Crippen LogP contribution in [0.1, 0.15) is 30.9 Å². The summed E-state index contributed by atoms with van der Waals surface area (Å²) in [5, 5.41) is 0. The van der Waals surface area contributed by atoms with Gasteiger partial charge in [0.1, 0.15) is 11.6 Å². The Morgan fingerprint density at radius 3 is 2.61 bits per heavy atom. The molecule has 0 spiro atoms. The summed E-state index contributed by atoms with van der Waals surface area (Å²) >= 11 is 0. The fourth-order valence-electron chi connectivity index (χ4n) is 2.69. The van der Waals surface area contributed by atoms with Gasteiger partial charge >= 0.3 is 0 Å². The van der Waals surface area contributed by atoms with E-state index in [0.717, 1.165) is 18.9 Å². The van der Waals surface area contributed by atoms with Gasteiger partial charge < -0.3 is 10.6 Å². The number of nitrogens with two attached hydrogens (primary N) is 1. The molecule has 1 amide bonds. The molecule has 1 aromatic carbocycles. The zero-order chi connectivity index (χ0) is 12.9. The van der Waals surface area contributed by atoms with E-state index in [2.05, 4.69) is 0 Å². The second-order valence-corrected chi connectivity index (χ2v) is 5.01. The Bertz CT molecular complexity index is 502. The maximum atomic E-state index is 13.8. The number of benzene rings is 1. The maximum absolute atomic E-state index is 13.8. The van der Waals surface area contributed by atoms with E-state index in [9.17, 15) is 13.6 Å². The van der Waals surface area contributed by atoms with Gasteiger partial charge in [0.2, 0.25) is 5.91 Å². The van der Waals surface area contributed by atoms with Gasteiger partial charge in [-0.25, -0.2) is 8.78 Å². The molecule has 2 N–H and O–H groups in total. The molecule has 1 aliphatic heterocycles. The minimum atomic E-state index is -0.629. The molecule has 2 unspecified atom stereocenters. The zero-order valence-corrected chi connectivity index (χ0v) is 9.77. The van der Waals surface area contributed by atoms with Crippen molar-refractivity contribution in [3.05, 3.63) is 35.4 Å². The standard InChI is InChI=1S/C13H14F2N2O/c14-7-1-4-9(10(15)5-7)13-11(16)6-12(18)17(13)8-2-3-8/h1,4-5,8,11,13H,2-3,6,16H2. The first-order valence-corrected chi connectivity index (χ1v) is 6.09. The third-order valence-electron chi connectivity index (χ3n) is 3.62. The molecule has 96 valence electrons. The van der Waals surface area contributed by atoms with Gasteiger partial charge in [-0.1, -0.05) is 6.07 Å². The number of nitrogens with zero attached hydrogens (tertiary/aromatic N) is 1. The highest BCUT2D eigenvalue weighted by Crippen LogP contribution is 2.41. The number of hydrogen-bond donors (Lipinski definition) is 1. The first kappa shape index (κ1) is 11.6. The molecule has 2 atom stereocenters. The van der Waals surface area contributed by atoms with Crippen LogP contribution in [0, 0.1) is 11.6 Å². The average Bonchev–Trinajstić information content (AvgIpc) is 3.06. The molecule has 2 aliphatic rings. The number of carbonyl (C=O) groups is 1. The van der Waals surface area contributed by atoms with Gasteiger partial charge in [0.15, 0.2) is 0 Å². The van der Waals surface area contributed by atoms with Crippen LogP contribution in [0.2, 0.25) is 0 Å². The SMILES string of the molecule is NC1CC(=O)N(C2CC2)C1c1ccc(F)cc1F. The maximum Gasteiger partial charge on any atom is 0.225 e. The lowest BCUT2D eigenvalue weighted by Gasteiger charge is -2.27. The summed E-state index contributed by atoms with van der Waals surface area (Å²) in [6.07, 6.45) is 2.12. The summed E-state index contributed by atoms with van der Waals surface area (Å²) in [6, 6.07) is 2.75. The first-order chi connectivity index (χ1) is 8.58. The summed E-state index contributed by atoms with van der Waals surface area (Å²) in [4.78, 5) is 13.6. The lowest BCUT2D eigenvalue weighted by Crippen LogP contribution is -2.35. The van der Waals surface area contributed by atoms with E-state index < -0.39 is 23.7 Å². The van der Waals surface area contributed by atoms with Gasteiger partial charge in [0.25, 0.3) is 0 Å². The van der Waals surface area contributed by atoms with Gasteiger partial charge in [-0.3, -0.25) is 4.79 Å². The monoisotopic (exact) mass is 252 g/mol. The zero-order valence-electron chi connectivity index (χ0n) is 9.77. The fraction of sp³-hybridized carbons (Fsp3) is 0.462. The van der Waals surface area contributed by atoms with Crippen LogP contribution in [0.5, 0.6) is 0 Å². The third-order valence-corrected chi connectivity index (χ3v) is 3.62. The molecular weight excluding hydrogens is 238 g/mol. The van der Waals surface area contributed by atoms with E-state index >= 15 is 0 Å². The third kappa shape index (κ3) is 1.79. The van der Waals surface area contributed by atoms with Crippen molar-refractivity contribution >= 4 is 5.91 Å². The molecule has 0 bridgehead atoms. The Hall–Kier alpha value is -1.49. The first-order valence-electron chi connectivity index (χ1n) is 6.09. The van der Waals surface area contributed by atoms with Crippen LogP contribution in [0.25, 0.3) is 0 Å². The molecule has 0 radical (unpaired) electrons. The second kappa shape index (κ2) is 4.02. The van der Waals surface area contributed by atoms with Crippen LogP contribution in [-0.4, -0.2) is 22.9 Å². The van der Waals surface area contributed by atoms with E-state index in [1.54, 1.807) is 4.90 Å². The van der Waals surface area contributed by atoms with Crippen molar-refractivity contribution in [1.82, 2.24) is 4.90 Å². The molecule has 0 aromatic heterocycles. The van der Waals surface area contributed by atoms with Crippen LogP contribution < -0.4 is 5.73 Å². The normalized spacial score (nSPS) is 27.9. The molecular formula is C13H14F2N2O. The van der Waals surface area contributed by atoms with Crippen LogP contribution in [0.3, 0.4) is 0 Å². The van der Waals surface area contributed by atoms with Crippen molar-refractivity contribution in [3.8, 4) is 0 Å². The van der Waals surface area contributed by atoms with Gasteiger partial charge in [0, 0.05) is 30.1 Å². The molecule has 1 saturated carbocycles. The molecule has 1 heterocycles. The molecule has 3 nitrogen and oxygen atoms in total. The Balaban J connectivity index is 2.00. The van der Waals surface area contributed by atoms with E-state index in [-0.39, 0.29) is 18.4 Å². The van der Waals surface area contributed by atoms with Crippen molar-refractivity contribution in [1.29, 1.82) is 0 Å². The summed E-state index contributed by atoms with van der Waals surface area (Å²) in [5.74, 6) is -1.28. The Kier molecular flexibility index (Phi) is 2.59. The average molecular weight is 252 g/mol. The minimum absolute atomic E-state index is 0.0290. The van der Waals surface area contributed by atoms with Gasteiger partial charge in [0.05, 0.1) is 6.04 Å². The summed E-state index contributed by atoms with van der Waals surface area (Å²) in [5.41, 5.74) is 6.26. The highest BCUT2D eigenvalue weighted by molar-refractivity contribution is 5.81. The highest BCUT2D eigenvalue weighted by Gasteiger charge is 2.46. The lowest BCUT2D eigenvalue weighted by molar-refractivity contribution is -0.129. The number of rotatable bonds is 2. The van der Waals surface area contributed by atoms with Crippen LogP contribution in [0.15, 0.2) is 18.2 Å². The van der Waals surface area contributed by atoms with Crippen molar-refractivity contribution in [2.75, 3.05) is 0 Å². The van der Waals surface area contributed by atoms with Crippen molar-refractivity contribution < 1.29 is 13.6 Å². The van der Waals surface area contributed by atoms with E-state index in [0.29, 0.717) is 5.56 Å². The van der Waals surface area contributed by atoms with Gasteiger partial charge in [-0.05, 0) is 18.9 Å². The Morgan fingerprint density at radius 1 is 1.28 bits per heavy atom. The van der Waals surface area contributed by atoms with Crippen molar-refractivity contribution in [2.45, 2.75) is 37.4 Å². The molecule has 3 rings (SSSR count). The number of halogens is 2.